The zero-order valence-electron chi connectivity index (χ0n) is 15.7. The first-order chi connectivity index (χ1) is 13.4. The van der Waals surface area contributed by atoms with Crippen LogP contribution in [0.3, 0.4) is 0 Å². The second-order valence-electron chi connectivity index (χ2n) is 7.10. The quantitative estimate of drug-likeness (QED) is 0.670. The van der Waals surface area contributed by atoms with Crippen molar-refractivity contribution in [2.45, 2.75) is 19.3 Å². The first-order valence-electron chi connectivity index (χ1n) is 8.77. The van der Waals surface area contributed by atoms with Gasteiger partial charge in [-0.1, -0.05) is 6.07 Å². The van der Waals surface area contributed by atoms with Crippen LogP contribution in [0.25, 0.3) is 17.3 Å². The molecular weight excluding hydrogens is 374 g/mol. The van der Waals surface area contributed by atoms with Gasteiger partial charge in [-0.2, -0.15) is 0 Å². The van der Waals surface area contributed by atoms with Crippen LogP contribution in [0.5, 0.6) is 0 Å². The number of rotatable bonds is 4. The first kappa shape index (κ1) is 18.2. The van der Waals surface area contributed by atoms with Gasteiger partial charge in [0.15, 0.2) is 5.13 Å². The van der Waals surface area contributed by atoms with E-state index in [1.807, 2.05) is 37.4 Å². The molecule has 2 aromatic heterocycles. The highest BCUT2D eigenvalue weighted by Gasteiger charge is 2.42. The average Bonchev–Trinajstić information content (AvgIpc) is 3.39. The monoisotopic (exact) mass is 393 g/mol. The van der Waals surface area contributed by atoms with E-state index in [0.717, 1.165) is 22.5 Å². The van der Waals surface area contributed by atoms with Crippen LogP contribution in [0, 0.1) is 0 Å². The minimum atomic E-state index is -0.566. The number of nitrogens with zero attached hydrogens (tertiary/aromatic N) is 2. The number of carbonyl (C=O) groups is 2. The molecule has 1 aliphatic rings. The predicted octanol–water partition coefficient (Wildman–Crippen LogP) is 4.31. The normalized spacial score (nSPS) is 15.2. The molecule has 1 aliphatic heterocycles. The predicted molar refractivity (Wildman–Crippen MR) is 110 cm³/mol. The number of nitrogens with one attached hydrogen (secondary N) is 1. The lowest BCUT2D eigenvalue weighted by atomic mass is 9.85. The summed E-state index contributed by atoms with van der Waals surface area (Å²) in [6.07, 6.45) is 4.55. The van der Waals surface area contributed by atoms with Crippen LogP contribution in [0.2, 0.25) is 0 Å². The van der Waals surface area contributed by atoms with Crippen molar-refractivity contribution in [2.24, 2.45) is 0 Å². The fraction of sp³-hybridized carbons (Fsp3) is 0.190. The fourth-order valence-corrected chi connectivity index (χ4v) is 4.01. The molecule has 28 heavy (non-hydrogen) atoms. The number of furan rings is 1. The molecule has 3 heterocycles. The maximum Gasteiger partial charge on any atom is 0.250 e. The molecule has 6 nitrogen and oxygen atoms in total. The zero-order chi connectivity index (χ0) is 19.9. The molecule has 1 aromatic carbocycles. The number of anilines is 2. The summed E-state index contributed by atoms with van der Waals surface area (Å²) in [5.74, 6) is 0.407. The topological polar surface area (TPSA) is 75.4 Å². The van der Waals surface area contributed by atoms with Crippen molar-refractivity contribution >= 4 is 40.0 Å². The maximum atomic E-state index is 12.5. The van der Waals surface area contributed by atoms with E-state index in [-0.39, 0.29) is 11.8 Å². The Morgan fingerprint density at radius 1 is 1.32 bits per heavy atom. The van der Waals surface area contributed by atoms with Gasteiger partial charge >= 0.3 is 0 Å². The number of aromatic nitrogens is 1. The van der Waals surface area contributed by atoms with Crippen LogP contribution in [-0.2, 0) is 15.0 Å². The molecule has 1 N–H and O–H groups in total. The molecule has 2 amide bonds. The summed E-state index contributed by atoms with van der Waals surface area (Å²) < 4.78 is 5.16. The van der Waals surface area contributed by atoms with Crippen LogP contribution in [0.15, 0.2) is 52.5 Å². The Hall–Kier alpha value is -3.19. The molecule has 0 fully saturated rings. The van der Waals surface area contributed by atoms with Crippen LogP contribution < -0.4 is 10.2 Å². The van der Waals surface area contributed by atoms with Crippen molar-refractivity contribution in [3.05, 3.63) is 59.4 Å². The Kier molecular flexibility index (Phi) is 4.39. The zero-order valence-corrected chi connectivity index (χ0v) is 16.5. The second-order valence-corrected chi connectivity index (χ2v) is 7.96. The van der Waals surface area contributed by atoms with Crippen LogP contribution in [-0.4, -0.2) is 23.8 Å². The number of fused-ring (bicyclic) bond motifs is 1. The third-order valence-electron chi connectivity index (χ3n) is 4.84. The highest BCUT2D eigenvalue weighted by molar-refractivity contribution is 7.14. The van der Waals surface area contributed by atoms with Crippen molar-refractivity contribution in [3.8, 4) is 11.3 Å². The number of thiazole rings is 1. The Morgan fingerprint density at radius 2 is 2.14 bits per heavy atom. The molecule has 0 saturated carbocycles. The van der Waals surface area contributed by atoms with Gasteiger partial charge in [0.05, 0.1) is 17.4 Å². The number of amides is 2. The molecule has 0 aliphatic carbocycles. The van der Waals surface area contributed by atoms with E-state index >= 15 is 0 Å². The number of likely N-dealkylation sites (N-methyl/N-ethyl adjacent to an activating group) is 1. The Balaban J connectivity index is 1.53. The highest BCUT2D eigenvalue weighted by atomic mass is 32.1. The SMILES string of the molecule is CN1C(=O)C(C)(C)c2cc(-c3csc(NC(=O)/C=C/c4ccco4)n3)ccc21. The van der Waals surface area contributed by atoms with Gasteiger partial charge in [0.25, 0.3) is 0 Å². The van der Waals surface area contributed by atoms with Crippen molar-refractivity contribution in [1.82, 2.24) is 4.98 Å². The van der Waals surface area contributed by atoms with Gasteiger partial charge in [-0.3, -0.25) is 14.9 Å². The van der Waals surface area contributed by atoms with Crippen molar-refractivity contribution < 1.29 is 14.0 Å². The van der Waals surface area contributed by atoms with Gasteiger partial charge in [-0.25, -0.2) is 4.98 Å². The van der Waals surface area contributed by atoms with Gasteiger partial charge < -0.3 is 9.32 Å². The molecule has 0 bridgehead atoms. The fourth-order valence-electron chi connectivity index (χ4n) is 3.29. The van der Waals surface area contributed by atoms with Gasteiger partial charge in [0.1, 0.15) is 5.76 Å². The van der Waals surface area contributed by atoms with Crippen molar-refractivity contribution in [2.75, 3.05) is 17.3 Å². The van der Waals surface area contributed by atoms with Gasteiger partial charge in [0.2, 0.25) is 11.8 Å². The minimum Gasteiger partial charge on any atom is -0.465 e. The summed E-state index contributed by atoms with van der Waals surface area (Å²) in [5, 5.41) is 5.16. The molecule has 0 unspecified atom stereocenters. The molecule has 0 saturated heterocycles. The maximum absolute atomic E-state index is 12.5. The lowest BCUT2D eigenvalue weighted by Crippen LogP contribution is -2.33. The van der Waals surface area contributed by atoms with E-state index < -0.39 is 5.41 Å². The average molecular weight is 393 g/mol. The Labute approximate surface area is 166 Å². The Morgan fingerprint density at radius 3 is 2.89 bits per heavy atom. The van der Waals surface area contributed by atoms with Crippen molar-refractivity contribution in [3.63, 3.8) is 0 Å². The molecule has 0 atom stereocenters. The van der Waals surface area contributed by atoms with Crippen LogP contribution in [0.1, 0.15) is 25.2 Å². The van der Waals surface area contributed by atoms with Gasteiger partial charge in [-0.15, -0.1) is 11.3 Å². The van der Waals surface area contributed by atoms with Crippen molar-refractivity contribution in [1.29, 1.82) is 0 Å². The highest BCUT2D eigenvalue weighted by Crippen LogP contribution is 2.42. The summed E-state index contributed by atoms with van der Waals surface area (Å²) in [6, 6.07) is 9.42. The Bertz CT molecular complexity index is 1080. The number of carbonyl (C=O) groups excluding carboxylic acids is 2. The third-order valence-corrected chi connectivity index (χ3v) is 5.60. The molecule has 3 aromatic rings. The lowest BCUT2D eigenvalue weighted by Gasteiger charge is -2.16. The molecule has 142 valence electrons. The lowest BCUT2D eigenvalue weighted by molar-refractivity contribution is -0.121. The number of hydrogen-bond donors (Lipinski definition) is 1. The van der Waals surface area contributed by atoms with E-state index in [1.165, 1.54) is 17.4 Å². The van der Waals surface area contributed by atoms with E-state index in [4.69, 9.17) is 4.42 Å². The number of hydrogen-bond acceptors (Lipinski definition) is 5. The molecule has 0 spiro atoms. The molecule has 4 rings (SSSR count). The summed E-state index contributed by atoms with van der Waals surface area (Å²) >= 11 is 1.35. The summed E-state index contributed by atoms with van der Waals surface area (Å²) in [4.78, 5) is 30.7. The second kappa shape index (κ2) is 6.76. The molecular formula is C21H19N3O3S. The van der Waals surface area contributed by atoms with E-state index in [1.54, 1.807) is 36.4 Å². The minimum absolute atomic E-state index is 0.0780. The van der Waals surface area contributed by atoms with Gasteiger partial charge in [0, 0.05) is 29.8 Å². The molecule has 7 heteroatoms. The van der Waals surface area contributed by atoms with Crippen LogP contribution >= 0.6 is 11.3 Å². The summed E-state index contributed by atoms with van der Waals surface area (Å²) in [7, 11) is 1.79. The number of benzene rings is 1. The first-order valence-corrected chi connectivity index (χ1v) is 9.65. The largest absolute Gasteiger partial charge is 0.465 e. The van der Waals surface area contributed by atoms with E-state index in [2.05, 4.69) is 10.3 Å². The van der Waals surface area contributed by atoms with E-state index in [0.29, 0.717) is 10.9 Å². The smallest absolute Gasteiger partial charge is 0.250 e. The summed E-state index contributed by atoms with van der Waals surface area (Å²) in [5.41, 5.74) is 3.01. The summed E-state index contributed by atoms with van der Waals surface area (Å²) in [6.45, 7) is 3.86. The molecule has 0 radical (unpaired) electrons. The van der Waals surface area contributed by atoms with E-state index in [9.17, 15) is 9.59 Å². The van der Waals surface area contributed by atoms with Crippen LogP contribution in [0.4, 0.5) is 10.8 Å². The van der Waals surface area contributed by atoms with Gasteiger partial charge in [-0.05, 0) is 49.8 Å². The third kappa shape index (κ3) is 3.14. The standard InChI is InChI=1S/C21H19N3O3S/c1-21(2)15-11-13(6-8-17(15)24(3)19(21)26)16-12-28-20(22-16)23-18(25)9-7-14-5-4-10-27-14/h4-12H,1-3H3,(H,22,23,25)/b9-7+.